The molecule has 0 fully saturated rings. The van der Waals surface area contributed by atoms with Crippen LogP contribution in [0.25, 0.3) is 0 Å². The fourth-order valence-electron chi connectivity index (χ4n) is 1.84. The molecule has 0 saturated carbocycles. The number of nitro groups is 1. The van der Waals surface area contributed by atoms with E-state index in [-0.39, 0.29) is 5.56 Å². The van der Waals surface area contributed by atoms with Gasteiger partial charge in [-0.15, -0.1) is 0 Å². The molecule has 0 bridgehead atoms. The van der Waals surface area contributed by atoms with Crippen molar-refractivity contribution in [3.63, 3.8) is 0 Å². The third-order valence-corrected chi connectivity index (χ3v) is 2.61. The molecule has 0 radical (unpaired) electrons. The molecular weight excluding hydrogens is 354 g/mol. The van der Waals surface area contributed by atoms with Crippen LogP contribution in [0.4, 0.5) is 5.69 Å². The molecule has 26 heavy (non-hydrogen) atoms. The van der Waals surface area contributed by atoms with Crippen molar-refractivity contribution >= 4 is 29.6 Å². The molecule has 1 aromatic rings. The fourth-order valence-corrected chi connectivity index (χ4v) is 1.84. The summed E-state index contributed by atoms with van der Waals surface area (Å²) in [5, 5.41) is 11.2. The van der Waals surface area contributed by atoms with Crippen molar-refractivity contribution in [3.05, 3.63) is 27.8 Å². The minimum absolute atomic E-state index is 0.243. The summed E-state index contributed by atoms with van der Waals surface area (Å²) in [5.74, 6) is -4.83. The maximum Gasteiger partial charge on any atom is 0.315 e. The van der Waals surface area contributed by atoms with E-state index in [1.807, 2.05) is 0 Å². The van der Waals surface area contributed by atoms with Gasteiger partial charge in [0.1, 0.15) is 0 Å². The number of carbonyl (C=O) groups excluding carboxylic acids is 4. The van der Waals surface area contributed by atoms with Crippen LogP contribution in [0.1, 0.15) is 39.5 Å². The Balaban J connectivity index is 3.69. The van der Waals surface area contributed by atoms with E-state index in [0.29, 0.717) is 0 Å². The number of rotatable bonds is 6. The number of nitrogens with zero attached hydrogens (tertiary/aromatic N) is 1. The lowest BCUT2D eigenvalue weighted by molar-refractivity contribution is -0.385. The highest BCUT2D eigenvalue weighted by Gasteiger charge is 2.32. The van der Waals surface area contributed by atoms with Gasteiger partial charge in [-0.2, -0.15) is 0 Å². The first-order chi connectivity index (χ1) is 12.0. The van der Waals surface area contributed by atoms with Crippen molar-refractivity contribution in [3.8, 4) is 11.5 Å². The van der Waals surface area contributed by atoms with Gasteiger partial charge in [-0.1, -0.05) is 0 Å². The zero-order valence-corrected chi connectivity index (χ0v) is 14.3. The van der Waals surface area contributed by atoms with Crippen molar-refractivity contribution in [2.45, 2.75) is 34.0 Å². The molecule has 1 rings (SSSR count). The number of carbonyl (C=O) groups is 4. The molecule has 0 amide bonds. The van der Waals surface area contributed by atoms with Crippen LogP contribution in [0.5, 0.6) is 11.5 Å². The first-order valence-electron chi connectivity index (χ1n) is 7.05. The second-order valence-corrected chi connectivity index (χ2v) is 4.83. The minimum atomic E-state index is -1.69. The lowest BCUT2D eigenvalue weighted by atomic mass is 10.1. The van der Waals surface area contributed by atoms with Gasteiger partial charge in [0.15, 0.2) is 5.75 Å². The molecule has 1 aromatic carbocycles. The van der Waals surface area contributed by atoms with Crippen LogP contribution < -0.4 is 9.47 Å². The van der Waals surface area contributed by atoms with Crippen LogP contribution in [0, 0.1) is 10.1 Å². The summed E-state index contributed by atoms with van der Waals surface area (Å²) in [6, 6.07) is 1.96. The van der Waals surface area contributed by atoms with Crippen LogP contribution in [-0.4, -0.2) is 28.8 Å². The summed E-state index contributed by atoms with van der Waals surface area (Å²) in [5.41, 5.74) is -0.933. The standard InChI is InChI=1S/C15H15NO10/c1-7(17)23-13-11(15(25-9(3)19)26-10(4)20)5-6-12(16(21)22)14(13)24-8(2)18/h5-6,15H,1-4H3. The summed E-state index contributed by atoms with van der Waals surface area (Å²) >= 11 is 0. The quantitative estimate of drug-likeness (QED) is 0.238. The van der Waals surface area contributed by atoms with E-state index in [9.17, 15) is 29.3 Å². The smallest absolute Gasteiger partial charge is 0.315 e. The molecule has 140 valence electrons. The molecule has 11 heteroatoms. The van der Waals surface area contributed by atoms with Gasteiger partial charge in [-0.05, 0) is 6.07 Å². The number of nitro benzene ring substituents is 1. The zero-order chi connectivity index (χ0) is 20.0. The molecule has 0 heterocycles. The van der Waals surface area contributed by atoms with Gasteiger partial charge >= 0.3 is 29.6 Å². The first-order valence-corrected chi connectivity index (χ1v) is 7.05. The maximum absolute atomic E-state index is 11.4. The third-order valence-electron chi connectivity index (χ3n) is 2.61. The van der Waals surface area contributed by atoms with Gasteiger partial charge in [0.05, 0.1) is 10.5 Å². The largest absolute Gasteiger partial charge is 0.422 e. The maximum atomic E-state index is 11.4. The Morgan fingerprint density at radius 3 is 1.69 bits per heavy atom. The van der Waals surface area contributed by atoms with Gasteiger partial charge in [-0.25, -0.2) is 0 Å². The SMILES string of the molecule is CC(=O)Oc1c(C(OC(C)=O)OC(C)=O)ccc([N+](=O)[O-])c1OC(C)=O. The van der Waals surface area contributed by atoms with Gasteiger partial charge in [0.25, 0.3) is 12.0 Å². The van der Waals surface area contributed by atoms with Crippen molar-refractivity contribution in [1.29, 1.82) is 0 Å². The van der Waals surface area contributed by atoms with Crippen molar-refractivity contribution < 1.29 is 43.0 Å². The predicted octanol–water partition coefficient (Wildman–Crippen LogP) is 1.57. The van der Waals surface area contributed by atoms with E-state index in [4.69, 9.17) is 18.9 Å². The molecule has 0 aliphatic rings. The highest BCUT2D eigenvalue weighted by atomic mass is 16.7. The molecule has 0 aliphatic carbocycles. The molecule has 0 aliphatic heterocycles. The van der Waals surface area contributed by atoms with E-state index < -0.39 is 52.3 Å². The molecule has 0 aromatic heterocycles. The monoisotopic (exact) mass is 369 g/mol. The second-order valence-electron chi connectivity index (χ2n) is 4.83. The molecule has 0 spiro atoms. The van der Waals surface area contributed by atoms with E-state index in [2.05, 4.69) is 0 Å². The van der Waals surface area contributed by atoms with E-state index in [1.165, 1.54) is 0 Å². The summed E-state index contributed by atoms with van der Waals surface area (Å²) in [6.45, 7) is 4.02. The Morgan fingerprint density at radius 2 is 1.31 bits per heavy atom. The van der Waals surface area contributed by atoms with Crippen LogP contribution in [0.15, 0.2) is 12.1 Å². The van der Waals surface area contributed by atoms with Crippen LogP contribution in [0.3, 0.4) is 0 Å². The zero-order valence-electron chi connectivity index (χ0n) is 14.3. The molecule has 0 N–H and O–H groups in total. The van der Waals surface area contributed by atoms with Crippen LogP contribution in [-0.2, 0) is 28.7 Å². The molecule has 0 unspecified atom stereocenters. The van der Waals surface area contributed by atoms with Crippen molar-refractivity contribution in [2.75, 3.05) is 0 Å². The Bertz CT molecular complexity index is 754. The third kappa shape index (κ3) is 5.54. The predicted molar refractivity (Wildman–Crippen MR) is 82.0 cm³/mol. The lowest BCUT2D eigenvalue weighted by Gasteiger charge is -2.20. The number of hydrogen-bond acceptors (Lipinski definition) is 10. The average molecular weight is 369 g/mol. The van der Waals surface area contributed by atoms with E-state index >= 15 is 0 Å². The molecule has 0 atom stereocenters. The summed E-state index contributed by atoms with van der Waals surface area (Å²) < 4.78 is 19.4. The fraction of sp³-hybridized carbons (Fsp3) is 0.333. The van der Waals surface area contributed by atoms with Gasteiger partial charge in [0, 0.05) is 33.8 Å². The number of benzene rings is 1. The molecule has 11 nitrogen and oxygen atoms in total. The molecular formula is C15H15NO10. The van der Waals surface area contributed by atoms with Crippen molar-refractivity contribution in [1.82, 2.24) is 0 Å². The van der Waals surface area contributed by atoms with Crippen LogP contribution in [0.2, 0.25) is 0 Å². The highest BCUT2D eigenvalue weighted by Crippen LogP contribution is 2.43. The second kappa shape index (κ2) is 8.55. The Morgan fingerprint density at radius 1 is 0.846 bits per heavy atom. The van der Waals surface area contributed by atoms with Gasteiger partial charge in [-0.3, -0.25) is 29.3 Å². The Kier molecular flexibility index (Phi) is 6.76. The number of hydrogen-bond donors (Lipinski definition) is 0. The van der Waals surface area contributed by atoms with E-state index in [0.717, 1.165) is 39.8 Å². The van der Waals surface area contributed by atoms with Gasteiger partial charge in [0.2, 0.25) is 0 Å². The first kappa shape index (κ1) is 20.5. The molecule has 0 saturated heterocycles. The Hall–Kier alpha value is -3.50. The lowest BCUT2D eigenvalue weighted by Crippen LogP contribution is -2.18. The Labute approximate surface area is 146 Å². The summed E-state index contributed by atoms with van der Waals surface area (Å²) in [6.07, 6.45) is -1.69. The normalized spacial score (nSPS) is 10.0. The topological polar surface area (TPSA) is 148 Å². The minimum Gasteiger partial charge on any atom is -0.422 e. The van der Waals surface area contributed by atoms with Gasteiger partial charge < -0.3 is 18.9 Å². The number of ether oxygens (including phenoxy) is 4. The number of esters is 4. The summed E-state index contributed by atoms with van der Waals surface area (Å²) in [4.78, 5) is 55.5. The summed E-state index contributed by atoms with van der Waals surface area (Å²) in [7, 11) is 0. The van der Waals surface area contributed by atoms with Crippen LogP contribution >= 0.6 is 0 Å². The van der Waals surface area contributed by atoms with Crippen molar-refractivity contribution in [2.24, 2.45) is 0 Å². The highest BCUT2D eigenvalue weighted by molar-refractivity contribution is 5.78. The van der Waals surface area contributed by atoms with E-state index in [1.54, 1.807) is 0 Å². The average Bonchev–Trinajstić information content (AvgIpc) is 2.45.